The monoisotopic (exact) mass is 485 g/mol. The molecular weight excluding hydrogens is 458 g/mol. The van der Waals surface area contributed by atoms with Gasteiger partial charge in [-0.15, -0.1) is 0 Å². The largest absolute Gasteiger partial charge is 0.477 e. The Hall–Kier alpha value is -2.44. The number of methoxy groups -OCH3 is 2. The highest BCUT2D eigenvalue weighted by Gasteiger charge is 2.73. The Labute approximate surface area is 186 Å². The summed E-state index contributed by atoms with van der Waals surface area (Å²) in [5.74, 6) is -19.3. The number of aliphatic hydroxyl groups excluding tert-OH is 1. The van der Waals surface area contributed by atoms with E-state index in [0.717, 1.165) is 21.0 Å². The minimum absolute atomic E-state index is 0.642. The Balaban J connectivity index is 3.87. The molecule has 1 saturated heterocycles. The number of ether oxygens (including phenoxy) is 5. The Bertz CT molecular complexity index is 790. The van der Waals surface area contributed by atoms with Crippen LogP contribution in [0.5, 0.6) is 0 Å². The van der Waals surface area contributed by atoms with Crippen LogP contribution < -0.4 is 5.32 Å². The first-order valence-corrected chi connectivity index (χ1v) is 9.15. The molecule has 1 amide bonds. The van der Waals surface area contributed by atoms with Gasteiger partial charge in [0, 0.05) is 35.0 Å². The van der Waals surface area contributed by atoms with Gasteiger partial charge in [-0.3, -0.25) is 14.4 Å². The minimum Gasteiger partial charge on any atom is -0.477 e. The molecule has 0 aliphatic carbocycles. The number of aliphatic carboxylic acids is 1. The molecule has 33 heavy (non-hydrogen) atoms. The second kappa shape index (κ2) is 9.82. The Morgan fingerprint density at radius 1 is 1.09 bits per heavy atom. The van der Waals surface area contributed by atoms with E-state index in [0.29, 0.717) is 14.0 Å². The molecule has 1 rings (SSSR count). The van der Waals surface area contributed by atoms with E-state index in [1.165, 1.54) is 0 Å². The fourth-order valence-electron chi connectivity index (χ4n) is 3.27. The Morgan fingerprint density at radius 2 is 1.64 bits per heavy atom. The molecule has 1 fully saturated rings. The third-order valence-electron chi connectivity index (χ3n) is 4.77. The molecular formula is C17H27NO15. The summed E-state index contributed by atoms with van der Waals surface area (Å²) in [6.45, 7) is 2.41. The lowest BCUT2D eigenvalue weighted by Gasteiger charge is -2.54. The zero-order chi connectivity index (χ0) is 26.0. The molecule has 0 aromatic heterocycles. The first-order valence-electron chi connectivity index (χ1n) is 9.15. The zero-order valence-corrected chi connectivity index (χ0v) is 18.3. The van der Waals surface area contributed by atoms with Crippen LogP contribution in [0.25, 0.3) is 0 Å². The predicted molar refractivity (Wildman–Crippen MR) is 98.1 cm³/mol. The van der Waals surface area contributed by atoms with Gasteiger partial charge >= 0.3 is 23.7 Å². The molecule has 0 aromatic carbocycles. The summed E-state index contributed by atoms with van der Waals surface area (Å²) >= 11 is 0. The zero-order valence-electron chi connectivity index (χ0n) is 18.3. The number of amides is 1. The van der Waals surface area contributed by atoms with Crippen molar-refractivity contribution >= 4 is 23.8 Å². The van der Waals surface area contributed by atoms with Gasteiger partial charge < -0.3 is 59.6 Å². The van der Waals surface area contributed by atoms with Gasteiger partial charge in [-0.2, -0.15) is 0 Å². The lowest BCUT2D eigenvalue weighted by molar-refractivity contribution is -0.467. The van der Waals surface area contributed by atoms with Crippen LogP contribution in [0, 0.1) is 0 Å². The van der Waals surface area contributed by atoms with E-state index in [2.05, 4.69) is 14.8 Å². The number of rotatable bonds is 9. The third kappa shape index (κ3) is 5.39. The van der Waals surface area contributed by atoms with Crippen molar-refractivity contribution in [3.63, 3.8) is 0 Å². The number of aliphatic hydroxyl groups is 5. The van der Waals surface area contributed by atoms with Gasteiger partial charge in [0.2, 0.25) is 5.91 Å². The molecule has 7 N–H and O–H groups in total. The maximum atomic E-state index is 11.8. The summed E-state index contributed by atoms with van der Waals surface area (Å²) in [6.07, 6.45) is -6.73. The van der Waals surface area contributed by atoms with Crippen LogP contribution >= 0.6 is 0 Å². The highest BCUT2D eigenvalue weighted by molar-refractivity contribution is 5.76. The van der Waals surface area contributed by atoms with Crippen molar-refractivity contribution in [2.24, 2.45) is 0 Å². The number of carboxylic acid groups (broad SMARTS) is 1. The summed E-state index contributed by atoms with van der Waals surface area (Å²) in [7, 11) is 1.49. The number of carbonyl (C=O) groups is 4. The average Bonchev–Trinajstić information content (AvgIpc) is 2.67. The van der Waals surface area contributed by atoms with Crippen molar-refractivity contribution in [2.45, 2.75) is 68.8 Å². The summed E-state index contributed by atoms with van der Waals surface area (Å²) in [5.41, 5.74) is 0. The Kier molecular flexibility index (Phi) is 8.51. The fraction of sp³-hybridized carbons (Fsp3) is 0.765. The summed E-state index contributed by atoms with van der Waals surface area (Å²) in [5, 5.41) is 65.3. The van der Waals surface area contributed by atoms with Crippen molar-refractivity contribution in [3.8, 4) is 0 Å². The minimum atomic E-state index is -3.79. The molecule has 0 radical (unpaired) electrons. The fourth-order valence-corrected chi connectivity index (χ4v) is 3.27. The molecule has 0 aromatic rings. The van der Waals surface area contributed by atoms with Crippen LogP contribution in [0.1, 0.15) is 27.2 Å². The first kappa shape index (κ1) is 28.6. The molecule has 190 valence electrons. The number of hydrogen-bond donors (Lipinski definition) is 7. The van der Waals surface area contributed by atoms with Crippen molar-refractivity contribution in [1.29, 1.82) is 0 Å². The number of hydrogen-bond acceptors (Lipinski definition) is 14. The average molecular weight is 485 g/mol. The van der Waals surface area contributed by atoms with Gasteiger partial charge in [0.15, 0.2) is 5.79 Å². The van der Waals surface area contributed by atoms with Crippen molar-refractivity contribution < 1.29 is 73.5 Å². The highest BCUT2D eigenvalue weighted by atomic mass is 16.8. The smallest absolute Gasteiger partial charge is 0.364 e. The number of carboxylic acids is 1. The van der Waals surface area contributed by atoms with Gasteiger partial charge in [-0.1, -0.05) is 0 Å². The predicted octanol–water partition coefficient (Wildman–Crippen LogP) is -4.14. The highest BCUT2D eigenvalue weighted by Crippen LogP contribution is 2.44. The normalized spacial score (nSPS) is 31.9. The summed E-state index contributed by atoms with van der Waals surface area (Å²) in [6, 6.07) is -2.06. The molecule has 1 heterocycles. The lowest BCUT2D eigenvalue weighted by Crippen LogP contribution is -2.80. The van der Waals surface area contributed by atoms with Gasteiger partial charge in [0.25, 0.3) is 17.9 Å². The quantitative estimate of drug-likeness (QED) is 0.121. The van der Waals surface area contributed by atoms with Crippen molar-refractivity contribution in [2.75, 3.05) is 14.2 Å². The standard InChI is InChI=1S/C17H27NO15/c1-7(19)18-10-11(33-15(26,12(22)23)6-14(10,25)29-4)16(27,30-5)17(28,32-9(3)21)13(24)31-8(2)20/h10-11,13,24-28H,6H2,1-5H3,(H,18,19)(H,22,23)/t10-,11+,13?,14+,15?,16?,17?/m0/s1. The number of nitrogens with one attached hydrogen (secondary N) is 1. The van der Waals surface area contributed by atoms with E-state index >= 15 is 0 Å². The first-order chi connectivity index (χ1) is 14.9. The molecule has 1 aliphatic heterocycles. The SMILES string of the molecule is COC(O)([C@@H]1OC(O)(C(=O)O)C[C@@](O)(OC)[C@H]1NC(C)=O)C(O)(OC(C)=O)C(O)OC(C)=O. The molecule has 4 unspecified atom stereocenters. The van der Waals surface area contributed by atoms with Crippen LogP contribution in [-0.2, 0) is 42.9 Å². The van der Waals surface area contributed by atoms with Crippen LogP contribution in [0.2, 0.25) is 0 Å². The van der Waals surface area contributed by atoms with Crippen molar-refractivity contribution in [3.05, 3.63) is 0 Å². The van der Waals surface area contributed by atoms with Gasteiger partial charge in [0.05, 0.1) is 6.42 Å². The van der Waals surface area contributed by atoms with Gasteiger partial charge in [-0.25, -0.2) is 4.79 Å². The molecule has 16 nitrogen and oxygen atoms in total. The molecule has 0 spiro atoms. The van der Waals surface area contributed by atoms with Crippen LogP contribution in [0.3, 0.4) is 0 Å². The van der Waals surface area contributed by atoms with E-state index in [4.69, 9.17) is 14.2 Å². The maximum Gasteiger partial charge on any atom is 0.364 e. The number of esters is 2. The third-order valence-corrected chi connectivity index (χ3v) is 4.77. The van der Waals surface area contributed by atoms with Crippen LogP contribution in [-0.4, -0.2) is 110 Å². The van der Waals surface area contributed by atoms with Crippen LogP contribution in [0.15, 0.2) is 0 Å². The van der Waals surface area contributed by atoms with E-state index in [1.54, 1.807) is 0 Å². The lowest BCUT2D eigenvalue weighted by atomic mass is 9.82. The Morgan fingerprint density at radius 3 is 2.00 bits per heavy atom. The topological polar surface area (TPSA) is 248 Å². The van der Waals surface area contributed by atoms with E-state index in [9.17, 15) is 49.8 Å². The summed E-state index contributed by atoms with van der Waals surface area (Å²) < 4.78 is 23.6. The second-order valence-corrected chi connectivity index (χ2v) is 7.18. The molecule has 0 saturated carbocycles. The maximum absolute atomic E-state index is 11.8. The van der Waals surface area contributed by atoms with Crippen LogP contribution in [0.4, 0.5) is 0 Å². The molecule has 7 atom stereocenters. The molecule has 0 bridgehead atoms. The molecule has 1 aliphatic rings. The van der Waals surface area contributed by atoms with E-state index in [1.807, 2.05) is 0 Å². The molecule has 16 heteroatoms. The number of carbonyl (C=O) groups excluding carboxylic acids is 3. The van der Waals surface area contributed by atoms with E-state index in [-0.39, 0.29) is 0 Å². The van der Waals surface area contributed by atoms with E-state index < -0.39 is 71.8 Å². The van der Waals surface area contributed by atoms with Gasteiger partial charge in [0.1, 0.15) is 12.1 Å². The summed E-state index contributed by atoms with van der Waals surface area (Å²) in [4.78, 5) is 46.4. The second-order valence-electron chi connectivity index (χ2n) is 7.18. The van der Waals surface area contributed by atoms with Gasteiger partial charge in [-0.05, 0) is 0 Å². The van der Waals surface area contributed by atoms with Crippen molar-refractivity contribution in [1.82, 2.24) is 5.32 Å².